The van der Waals surface area contributed by atoms with Crippen LogP contribution in [0.3, 0.4) is 0 Å². The highest BCUT2D eigenvalue weighted by atomic mass is 35.5. The van der Waals surface area contributed by atoms with E-state index in [0.717, 1.165) is 0 Å². The average Bonchev–Trinajstić information content (AvgIpc) is 1.84. The van der Waals surface area contributed by atoms with Gasteiger partial charge < -0.3 is 10.4 Å². The molecule has 12 heavy (non-hydrogen) atoms. The highest BCUT2D eigenvalue weighted by molar-refractivity contribution is 7.83. The highest BCUT2D eigenvalue weighted by Crippen LogP contribution is 1.93. The Bertz CT molecular complexity index is 219. The summed E-state index contributed by atoms with van der Waals surface area (Å²) < 4.78 is -0.0405. The molecule has 0 aromatic carbocycles. The van der Waals surface area contributed by atoms with E-state index in [0.29, 0.717) is 0 Å². The van der Waals surface area contributed by atoms with Crippen molar-refractivity contribution in [1.82, 2.24) is 5.32 Å². The molecule has 0 amide bonds. The van der Waals surface area contributed by atoms with E-state index < -0.39 is 24.2 Å². The van der Waals surface area contributed by atoms with Crippen LogP contribution in [0.25, 0.3) is 0 Å². The minimum Gasteiger partial charge on any atom is -0.481 e. The first-order chi connectivity index (χ1) is 5.43. The number of carboxylic acids is 1. The van der Waals surface area contributed by atoms with Gasteiger partial charge in [-0.3, -0.25) is 9.59 Å². The molecule has 2 N–H and O–H groups in total. The summed E-state index contributed by atoms with van der Waals surface area (Å²) in [6.07, 6.45) is -0.520. The number of carbonyl (C=O) groups excluding carboxylic acids is 1. The van der Waals surface area contributed by atoms with Gasteiger partial charge in [-0.2, -0.15) is 0 Å². The zero-order chi connectivity index (χ0) is 9.72. The first-order valence-electron chi connectivity index (χ1n) is 3.14. The SMILES string of the molecule is CC(NC(=S)Cl)C(=O)CC(=O)O. The van der Waals surface area contributed by atoms with Gasteiger partial charge in [0.2, 0.25) is 0 Å². The fourth-order valence-electron chi connectivity index (χ4n) is 0.553. The smallest absolute Gasteiger partial charge is 0.310 e. The average molecular weight is 210 g/mol. The normalized spacial score (nSPS) is 11.8. The summed E-state index contributed by atoms with van der Waals surface area (Å²) in [7, 11) is 0. The number of carbonyl (C=O) groups is 2. The summed E-state index contributed by atoms with van der Waals surface area (Å²) in [6, 6.07) is -0.647. The molecule has 0 aliphatic carbocycles. The summed E-state index contributed by atoms with van der Waals surface area (Å²) in [4.78, 5) is 21.0. The fraction of sp³-hybridized carbons (Fsp3) is 0.500. The molecule has 1 atom stereocenters. The molecule has 0 saturated carbocycles. The predicted molar refractivity (Wildman–Crippen MR) is 48.3 cm³/mol. The maximum absolute atomic E-state index is 10.9. The zero-order valence-electron chi connectivity index (χ0n) is 6.33. The standard InChI is InChI=1S/C6H8ClNO3S/c1-3(8-6(7)12)4(9)2-5(10)11/h3H,2H2,1H3,(H,8,12)(H,10,11). The number of nitrogens with one attached hydrogen (secondary N) is 1. The van der Waals surface area contributed by atoms with Crippen molar-refractivity contribution in [3.63, 3.8) is 0 Å². The lowest BCUT2D eigenvalue weighted by Gasteiger charge is -2.09. The zero-order valence-corrected chi connectivity index (χ0v) is 7.91. The molecule has 0 radical (unpaired) electrons. The Morgan fingerprint density at radius 1 is 1.67 bits per heavy atom. The number of aliphatic carboxylic acids is 1. The summed E-state index contributed by atoms with van der Waals surface area (Å²) in [5, 5.41) is 10.7. The molecule has 1 unspecified atom stereocenters. The van der Waals surface area contributed by atoms with Crippen LogP contribution in [0.5, 0.6) is 0 Å². The van der Waals surface area contributed by atoms with Crippen LogP contribution in [0.4, 0.5) is 0 Å². The van der Waals surface area contributed by atoms with Crippen LogP contribution < -0.4 is 5.32 Å². The topological polar surface area (TPSA) is 66.4 Å². The van der Waals surface area contributed by atoms with E-state index in [4.69, 9.17) is 16.7 Å². The Labute approximate surface area is 79.9 Å². The summed E-state index contributed by atoms with van der Waals surface area (Å²) >= 11 is 9.73. The molecular weight excluding hydrogens is 202 g/mol. The van der Waals surface area contributed by atoms with Crippen molar-refractivity contribution >= 4 is 40.0 Å². The number of ketones is 1. The predicted octanol–water partition coefficient (Wildman–Crippen LogP) is 0.532. The van der Waals surface area contributed by atoms with Gasteiger partial charge in [0.1, 0.15) is 6.42 Å². The third kappa shape index (κ3) is 5.03. The molecule has 6 heteroatoms. The van der Waals surface area contributed by atoms with Crippen LogP contribution in [0.15, 0.2) is 0 Å². The first kappa shape index (κ1) is 11.3. The van der Waals surface area contributed by atoms with E-state index in [9.17, 15) is 9.59 Å². The number of Topliss-reactive ketones (excluding diaryl/α,β-unsaturated/α-hetero) is 1. The number of halogens is 1. The summed E-state index contributed by atoms with van der Waals surface area (Å²) in [6.45, 7) is 1.50. The van der Waals surface area contributed by atoms with Crippen molar-refractivity contribution < 1.29 is 14.7 Å². The Morgan fingerprint density at radius 2 is 2.17 bits per heavy atom. The van der Waals surface area contributed by atoms with Crippen molar-refractivity contribution in [3.8, 4) is 0 Å². The first-order valence-corrected chi connectivity index (χ1v) is 3.92. The molecule has 0 bridgehead atoms. The van der Waals surface area contributed by atoms with E-state index in [2.05, 4.69) is 17.5 Å². The molecule has 0 heterocycles. The number of thiocarbonyl (C=S) groups is 1. The molecule has 0 aromatic rings. The molecule has 0 aliphatic heterocycles. The van der Waals surface area contributed by atoms with Crippen molar-refractivity contribution in [2.75, 3.05) is 0 Å². The molecular formula is C6H8ClNO3S. The second-order valence-corrected chi connectivity index (χ2v) is 3.19. The third-order valence-electron chi connectivity index (χ3n) is 1.14. The van der Waals surface area contributed by atoms with Gasteiger partial charge >= 0.3 is 5.97 Å². The Balaban J connectivity index is 3.93. The minimum absolute atomic E-state index is 0.0405. The van der Waals surface area contributed by atoms with Gasteiger partial charge in [0.25, 0.3) is 0 Å². The molecule has 0 spiro atoms. The van der Waals surface area contributed by atoms with Gasteiger partial charge in [0.05, 0.1) is 6.04 Å². The molecule has 0 saturated heterocycles. The van der Waals surface area contributed by atoms with Crippen LogP contribution in [0, 0.1) is 0 Å². The van der Waals surface area contributed by atoms with Crippen LogP contribution in [-0.4, -0.2) is 27.3 Å². The lowest BCUT2D eigenvalue weighted by Crippen LogP contribution is -2.36. The van der Waals surface area contributed by atoms with E-state index in [-0.39, 0.29) is 4.45 Å². The Morgan fingerprint density at radius 3 is 2.50 bits per heavy atom. The monoisotopic (exact) mass is 209 g/mol. The lowest BCUT2D eigenvalue weighted by atomic mass is 10.1. The number of hydrogen-bond acceptors (Lipinski definition) is 3. The van der Waals surface area contributed by atoms with Gasteiger partial charge in [-0.05, 0) is 19.1 Å². The van der Waals surface area contributed by atoms with Crippen LogP contribution >= 0.6 is 23.8 Å². The number of rotatable bonds is 4. The van der Waals surface area contributed by atoms with E-state index in [1.165, 1.54) is 6.92 Å². The van der Waals surface area contributed by atoms with Gasteiger partial charge in [0, 0.05) is 0 Å². The molecule has 68 valence electrons. The van der Waals surface area contributed by atoms with Crippen molar-refractivity contribution in [3.05, 3.63) is 0 Å². The highest BCUT2D eigenvalue weighted by Gasteiger charge is 2.15. The molecule has 0 fully saturated rings. The summed E-state index contributed by atoms with van der Waals surface area (Å²) in [5.41, 5.74) is 0. The van der Waals surface area contributed by atoms with Crippen molar-refractivity contribution in [2.24, 2.45) is 0 Å². The second kappa shape index (κ2) is 5.05. The van der Waals surface area contributed by atoms with Crippen LogP contribution in [-0.2, 0) is 9.59 Å². The maximum Gasteiger partial charge on any atom is 0.310 e. The van der Waals surface area contributed by atoms with Crippen molar-refractivity contribution in [1.29, 1.82) is 0 Å². The minimum atomic E-state index is -1.16. The van der Waals surface area contributed by atoms with E-state index >= 15 is 0 Å². The Hall–Kier alpha value is -0.680. The summed E-state index contributed by atoms with van der Waals surface area (Å²) in [5.74, 6) is -1.61. The quantitative estimate of drug-likeness (QED) is 0.306. The van der Waals surface area contributed by atoms with E-state index in [1.54, 1.807) is 0 Å². The number of carboxylic acid groups (broad SMARTS) is 1. The Kier molecular flexibility index (Phi) is 4.77. The fourth-order valence-corrected chi connectivity index (χ4v) is 0.893. The second-order valence-electron chi connectivity index (χ2n) is 2.18. The van der Waals surface area contributed by atoms with Crippen molar-refractivity contribution in [2.45, 2.75) is 19.4 Å². The van der Waals surface area contributed by atoms with Gasteiger partial charge in [-0.1, -0.05) is 11.6 Å². The van der Waals surface area contributed by atoms with Crippen LogP contribution in [0.2, 0.25) is 0 Å². The molecule has 4 nitrogen and oxygen atoms in total. The largest absolute Gasteiger partial charge is 0.481 e. The van der Waals surface area contributed by atoms with Crippen LogP contribution in [0.1, 0.15) is 13.3 Å². The molecule has 0 rings (SSSR count). The molecule has 0 aromatic heterocycles. The van der Waals surface area contributed by atoms with E-state index in [1.807, 2.05) is 0 Å². The molecule has 0 aliphatic rings. The lowest BCUT2D eigenvalue weighted by molar-refractivity contribution is -0.140. The van der Waals surface area contributed by atoms with Gasteiger partial charge in [-0.15, -0.1) is 0 Å². The van der Waals surface area contributed by atoms with Gasteiger partial charge in [0.15, 0.2) is 10.2 Å². The van der Waals surface area contributed by atoms with Gasteiger partial charge in [-0.25, -0.2) is 0 Å². The number of hydrogen-bond donors (Lipinski definition) is 2. The maximum atomic E-state index is 10.9. The third-order valence-corrected chi connectivity index (χ3v) is 1.37.